The molecule has 0 bridgehead atoms. The van der Waals surface area contributed by atoms with E-state index in [1.807, 2.05) is 12.1 Å². The van der Waals surface area contributed by atoms with Crippen LogP contribution in [0.1, 0.15) is 6.42 Å². The topological polar surface area (TPSA) is 99.1 Å². The van der Waals surface area contributed by atoms with Crippen LogP contribution < -0.4 is 25.5 Å². The van der Waals surface area contributed by atoms with Gasteiger partial charge >= 0.3 is 0 Å². The Bertz CT molecular complexity index is 787. The van der Waals surface area contributed by atoms with Gasteiger partial charge in [0.15, 0.2) is 17.7 Å². The summed E-state index contributed by atoms with van der Waals surface area (Å²) in [6.45, 7) is 1.38. The van der Waals surface area contributed by atoms with E-state index in [0.717, 1.165) is 41.0 Å². The van der Waals surface area contributed by atoms with Gasteiger partial charge < -0.3 is 20.1 Å². The lowest BCUT2D eigenvalue weighted by atomic mass is 10.1. The van der Waals surface area contributed by atoms with E-state index in [1.54, 1.807) is 26.8 Å². The normalized spacial score (nSPS) is 15.0. The van der Waals surface area contributed by atoms with Gasteiger partial charge in [0.25, 0.3) is 0 Å². The molecule has 4 N–H and O–H groups in total. The second kappa shape index (κ2) is 6.12. The van der Waals surface area contributed by atoms with Crippen molar-refractivity contribution in [2.45, 2.75) is 6.42 Å². The summed E-state index contributed by atoms with van der Waals surface area (Å²) in [4.78, 5) is 10.9. The molecule has 1 aliphatic rings. The maximum Gasteiger partial charge on any atom is 0.165 e. The van der Waals surface area contributed by atoms with Gasteiger partial charge in [-0.3, -0.25) is 5.41 Å². The van der Waals surface area contributed by atoms with E-state index < -0.39 is 0 Å². The van der Waals surface area contributed by atoms with Gasteiger partial charge in [-0.15, -0.1) is 0 Å². The van der Waals surface area contributed by atoms with Gasteiger partial charge in [0, 0.05) is 29.3 Å². The summed E-state index contributed by atoms with van der Waals surface area (Å²) in [7, 11) is 3.21. The number of fused-ring (bicyclic) bond motifs is 1. The van der Waals surface area contributed by atoms with E-state index in [4.69, 9.17) is 20.6 Å². The minimum absolute atomic E-state index is 0.587. The number of rotatable bonds is 4. The van der Waals surface area contributed by atoms with Crippen LogP contribution in [0.25, 0.3) is 10.9 Å². The first-order chi connectivity index (χ1) is 11.2. The predicted molar refractivity (Wildman–Crippen MR) is 88.7 cm³/mol. The van der Waals surface area contributed by atoms with Gasteiger partial charge in [0.05, 0.1) is 26.3 Å². The Kier molecular flexibility index (Phi) is 4.01. The highest BCUT2D eigenvalue weighted by atomic mass is 16.5. The lowest BCUT2D eigenvalue weighted by Crippen LogP contribution is -2.39. The van der Waals surface area contributed by atoms with E-state index in [1.165, 1.54) is 0 Å². The zero-order valence-corrected chi connectivity index (χ0v) is 13.2. The summed E-state index contributed by atoms with van der Waals surface area (Å²) in [5.41, 5.74) is 8.67. The van der Waals surface area contributed by atoms with Crippen LogP contribution >= 0.6 is 0 Å². The average molecular weight is 314 g/mol. The minimum Gasteiger partial charge on any atom is -0.493 e. The highest BCUT2D eigenvalue weighted by Crippen LogP contribution is 2.35. The van der Waals surface area contributed by atoms with Crippen molar-refractivity contribution >= 4 is 22.9 Å². The molecule has 2 heterocycles. The summed E-state index contributed by atoms with van der Waals surface area (Å²) in [6.07, 6.45) is 3.92. The first-order valence-corrected chi connectivity index (χ1v) is 7.32. The Morgan fingerprint density at radius 2 is 1.96 bits per heavy atom. The van der Waals surface area contributed by atoms with Crippen molar-refractivity contribution in [3.05, 3.63) is 29.7 Å². The quantitative estimate of drug-likeness (QED) is 0.765. The van der Waals surface area contributed by atoms with Crippen LogP contribution in [-0.2, 0) is 0 Å². The van der Waals surface area contributed by atoms with Gasteiger partial charge in [0.1, 0.15) is 12.1 Å². The number of aromatic nitrogens is 2. The van der Waals surface area contributed by atoms with Crippen LogP contribution in [0.2, 0.25) is 0 Å². The smallest absolute Gasteiger partial charge is 0.165 e. The van der Waals surface area contributed by atoms with Crippen LogP contribution in [0.5, 0.6) is 11.5 Å². The lowest BCUT2D eigenvalue weighted by Gasteiger charge is -2.29. The molecule has 120 valence electrons. The Hall–Kier alpha value is -2.83. The SMILES string of the molecule is COc1cc2ncnc(N3CCC(C=[NH2+])=C(N)C3)c2cc1OC. The highest BCUT2D eigenvalue weighted by molar-refractivity contribution is 5.92. The Balaban J connectivity index is 2.08. The zero-order chi connectivity index (χ0) is 16.4. The van der Waals surface area contributed by atoms with Crippen LogP contribution in [0.4, 0.5) is 5.82 Å². The second-order valence-electron chi connectivity index (χ2n) is 5.31. The Morgan fingerprint density at radius 1 is 1.22 bits per heavy atom. The fourth-order valence-electron chi connectivity index (χ4n) is 2.79. The molecule has 7 heteroatoms. The van der Waals surface area contributed by atoms with E-state index in [0.29, 0.717) is 18.0 Å². The monoisotopic (exact) mass is 314 g/mol. The molecule has 0 amide bonds. The third-order valence-electron chi connectivity index (χ3n) is 4.05. The number of methoxy groups -OCH3 is 2. The van der Waals surface area contributed by atoms with Crippen molar-refractivity contribution in [3.8, 4) is 11.5 Å². The molecule has 3 rings (SSSR count). The number of hydrogen-bond acceptors (Lipinski definition) is 6. The molecule has 23 heavy (non-hydrogen) atoms. The van der Waals surface area contributed by atoms with Gasteiger partial charge in [-0.25, -0.2) is 9.97 Å². The molecule has 1 aromatic carbocycles. The first kappa shape index (κ1) is 15.1. The number of hydrogen-bond donors (Lipinski definition) is 2. The number of ether oxygens (including phenoxy) is 2. The Morgan fingerprint density at radius 3 is 2.61 bits per heavy atom. The van der Waals surface area contributed by atoms with Crippen molar-refractivity contribution in [2.24, 2.45) is 5.73 Å². The highest BCUT2D eigenvalue weighted by Gasteiger charge is 2.21. The van der Waals surface area contributed by atoms with Crippen molar-refractivity contribution in [1.29, 1.82) is 0 Å². The fourth-order valence-corrected chi connectivity index (χ4v) is 2.79. The van der Waals surface area contributed by atoms with Crippen molar-refractivity contribution in [1.82, 2.24) is 9.97 Å². The zero-order valence-electron chi connectivity index (χ0n) is 13.2. The number of anilines is 1. The molecule has 2 aromatic rings. The van der Waals surface area contributed by atoms with E-state index in [2.05, 4.69) is 14.9 Å². The number of nitrogens with two attached hydrogens (primary N) is 2. The molecule has 1 aliphatic heterocycles. The molecule has 0 radical (unpaired) electrons. The molecule has 0 atom stereocenters. The molecule has 0 aliphatic carbocycles. The van der Waals surface area contributed by atoms with Gasteiger partial charge in [0.2, 0.25) is 0 Å². The predicted octanol–water partition coefficient (Wildman–Crippen LogP) is -0.100. The van der Waals surface area contributed by atoms with Crippen LogP contribution in [0.15, 0.2) is 29.7 Å². The third kappa shape index (κ3) is 2.65. The molecule has 0 saturated heterocycles. The summed E-state index contributed by atoms with van der Waals surface area (Å²) in [6, 6.07) is 3.75. The fraction of sp³-hybridized carbons (Fsp3) is 0.312. The molecule has 1 aromatic heterocycles. The van der Waals surface area contributed by atoms with Crippen LogP contribution in [0.3, 0.4) is 0 Å². The molecular weight excluding hydrogens is 294 g/mol. The van der Waals surface area contributed by atoms with E-state index >= 15 is 0 Å². The lowest BCUT2D eigenvalue weighted by molar-refractivity contribution is -0.105. The largest absolute Gasteiger partial charge is 0.493 e. The summed E-state index contributed by atoms with van der Waals surface area (Å²) in [5.74, 6) is 2.12. The van der Waals surface area contributed by atoms with Crippen molar-refractivity contribution in [2.75, 3.05) is 32.2 Å². The minimum atomic E-state index is 0.587. The maximum absolute atomic E-state index is 6.10. The van der Waals surface area contributed by atoms with E-state index in [9.17, 15) is 0 Å². The second-order valence-corrected chi connectivity index (χ2v) is 5.31. The van der Waals surface area contributed by atoms with Gasteiger partial charge in [-0.2, -0.15) is 0 Å². The number of nitrogens with zero attached hydrogens (tertiary/aromatic N) is 3. The van der Waals surface area contributed by atoms with Gasteiger partial charge in [-0.1, -0.05) is 0 Å². The van der Waals surface area contributed by atoms with E-state index in [-0.39, 0.29) is 0 Å². The standard InChI is InChI=1S/C16H19N5O2/c1-22-14-5-11-13(6-15(14)23-2)19-9-20-16(11)21-4-3-10(7-17)12(18)8-21/h5-7,9,17H,3-4,8,18H2,1-2H3/p+1. The molecule has 0 saturated carbocycles. The molecular formula is C16H20N5O2+. The van der Waals surface area contributed by atoms with Crippen molar-refractivity contribution in [3.63, 3.8) is 0 Å². The molecule has 0 fully saturated rings. The number of benzene rings is 1. The van der Waals surface area contributed by atoms with Crippen LogP contribution in [-0.4, -0.2) is 43.5 Å². The summed E-state index contributed by atoms with van der Waals surface area (Å²) in [5, 5.41) is 6.50. The first-order valence-electron chi connectivity index (χ1n) is 7.32. The Labute approximate surface area is 134 Å². The molecule has 0 spiro atoms. The molecule has 7 nitrogen and oxygen atoms in total. The maximum atomic E-state index is 6.10. The summed E-state index contributed by atoms with van der Waals surface area (Å²) >= 11 is 0. The van der Waals surface area contributed by atoms with Gasteiger partial charge in [-0.05, 0) is 12.5 Å². The third-order valence-corrected chi connectivity index (χ3v) is 4.05. The average Bonchev–Trinajstić information content (AvgIpc) is 2.59. The summed E-state index contributed by atoms with van der Waals surface area (Å²) < 4.78 is 10.7. The van der Waals surface area contributed by atoms with Crippen LogP contribution in [0, 0.1) is 0 Å². The molecule has 0 unspecified atom stereocenters. The van der Waals surface area contributed by atoms with Crippen molar-refractivity contribution < 1.29 is 14.9 Å².